The smallest absolute Gasteiger partial charge is 0.310 e. The van der Waals surface area contributed by atoms with Crippen molar-refractivity contribution in [3.63, 3.8) is 0 Å². The van der Waals surface area contributed by atoms with E-state index in [2.05, 4.69) is 9.97 Å². The van der Waals surface area contributed by atoms with Crippen molar-refractivity contribution in [1.29, 1.82) is 0 Å². The summed E-state index contributed by atoms with van der Waals surface area (Å²) in [6.07, 6.45) is 7.51. The van der Waals surface area contributed by atoms with Gasteiger partial charge in [-0.1, -0.05) is 18.2 Å². The van der Waals surface area contributed by atoms with Crippen molar-refractivity contribution >= 4 is 22.8 Å². The van der Waals surface area contributed by atoms with Crippen molar-refractivity contribution < 1.29 is 19.1 Å². The molecule has 1 amide bonds. The predicted molar refractivity (Wildman–Crippen MR) is 130 cm³/mol. The SMILES string of the molecule is CCOC(=O)Cc1ccn(-c2cncc(-c3[nH]c4ccccc4c3CC(=O)N3CCOCC3)n2)c1. The number of fused-ring (bicyclic) bond motifs is 1. The quantitative estimate of drug-likeness (QED) is 0.414. The lowest BCUT2D eigenvalue weighted by Crippen LogP contribution is -2.41. The third kappa shape index (κ3) is 4.95. The second kappa shape index (κ2) is 10.1. The first-order chi connectivity index (χ1) is 17.1. The van der Waals surface area contributed by atoms with Crippen LogP contribution in [0.4, 0.5) is 0 Å². The summed E-state index contributed by atoms with van der Waals surface area (Å²) in [5.41, 5.74) is 4.10. The Morgan fingerprint density at radius 1 is 1.11 bits per heavy atom. The van der Waals surface area contributed by atoms with Crippen LogP contribution in [0.25, 0.3) is 28.1 Å². The van der Waals surface area contributed by atoms with E-state index in [1.165, 1.54) is 0 Å². The Morgan fingerprint density at radius 2 is 1.94 bits per heavy atom. The zero-order chi connectivity index (χ0) is 24.2. The number of benzene rings is 1. The second-order valence-corrected chi connectivity index (χ2v) is 8.37. The molecule has 35 heavy (non-hydrogen) atoms. The third-order valence-corrected chi connectivity index (χ3v) is 6.06. The molecule has 5 rings (SSSR count). The summed E-state index contributed by atoms with van der Waals surface area (Å²) in [5.74, 6) is 0.414. The van der Waals surface area contributed by atoms with E-state index in [-0.39, 0.29) is 24.7 Å². The van der Waals surface area contributed by atoms with Gasteiger partial charge in [0.25, 0.3) is 0 Å². The topological polar surface area (TPSA) is 102 Å². The molecule has 0 unspecified atom stereocenters. The number of morpholine rings is 1. The molecule has 1 fully saturated rings. The minimum atomic E-state index is -0.266. The molecule has 0 spiro atoms. The summed E-state index contributed by atoms with van der Waals surface area (Å²) in [4.78, 5) is 39.4. The summed E-state index contributed by atoms with van der Waals surface area (Å²) in [6.45, 7) is 4.48. The predicted octanol–water partition coefficient (Wildman–Crippen LogP) is 2.92. The molecule has 0 radical (unpaired) electrons. The minimum absolute atomic E-state index is 0.0671. The first-order valence-electron chi connectivity index (χ1n) is 11.7. The summed E-state index contributed by atoms with van der Waals surface area (Å²) < 4.78 is 12.3. The molecule has 1 aliphatic heterocycles. The van der Waals surface area contributed by atoms with Gasteiger partial charge in [0, 0.05) is 36.4 Å². The van der Waals surface area contributed by atoms with Crippen molar-refractivity contribution in [3.05, 3.63) is 66.2 Å². The molecular formula is C26H27N5O4. The molecule has 0 atom stereocenters. The van der Waals surface area contributed by atoms with Crippen LogP contribution < -0.4 is 0 Å². The number of aromatic amines is 1. The van der Waals surface area contributed by atoms with Crippen molar-refractivity contribution in [1.82, 2.24) is 24.4 Å². The normalized spacial score (nSPS) is 13.8. The van der Waals surface area contributed by atoms with Crippen molar-refractivity contribution in [2.24, 2.45) is 0 Å². The van der Waals surface area contributed by atoms with Crippen LogP contribution in [0, 0.1) is 0 Å². The highest BCUT2D eigenvalue weighted by molar-refractivity contribution is 5.94. The Hall–Kier alpha value is -3.98. The van der Waals surface area contributed by atoms with Crippen LogP contribution in [0.1, 0.15) is 18.1 Å². The van der Waals surface area contributed by atoms with Crippen molar-refractivity contribution in [3.8, 4) is 17.2 Å². The highest BCUT2D eigenvalue weighted by Crippen LogP contribution is 2.30. The number of nitrogens with zero attached hydrogens (tertiary/aromatic N) is 4. The lowest BCUT2D eigenvalue weighted by Gasteiger charge is -2.27. The largest absolute Gasteiger partial charge is 0.466 e. The molecule has 4 aromatic rings. The highest BCUT2D eigenvalue weighted by Gasteiger charge is 2.22. The number of para-hydroxylation sites is 1. The number of amides is 1. The second-order valence-electron chi connectivity index (χ2n) is 8.37. The fourth-order valence-corrected chi connectivity index (χ4v) is 4.35. The summed E-state index contributed by atoms with van der Waals surface area (Å²) in [6, 6.07) is 9.80. The van der Waals surface area contributed by atoms with Crippen LogP contribution >= 0.6 is 0 Å². The number of hydrogen-bond donors (Lipinski definition) is 1. The van der Waals surface area contributed by atoms with E-state index < -0.39 is 0 Å². The molecule has 0 bridgehead atoms. The fourth-order valence-electron chi connectivity index (χ4n) is 4.35. The van der Waals surface area contributed by atoms with E-state index in [1.54, 1.807) is 19.3 Å². The molecule has 1 N–H and O–H groups in total. The molecule has 4 heterocycles. The maximum absolute atomic E-state index is 13.1. The fraction of sp³-hybridized carbons (Fsp3) is 0.308. The van der Waals surface area contributed by atoms with Crippen LogP contribution in [0.5, 0.6) is 0 Å². The number of rotatable bonds is 7. The molecule has 0 saturated carbocycles. The summed E-state index contributed by atoms with van der Waals surface area (Å²) in [5, 5.41) is 0.994. The molecular weight excluding hydrogens is 446 g/mol. The van der Waals surface area contributed by atoms with E-state index in [9.17, 15) is 9.59 Å². The van der Waals surface area contributed by atoms with E-state index in [1.807, 2.05) is 52.2 Å². The number of nitrogens with one attached hydrogen (secondary N) is 1. The van der Waals surface area contributed by atoms with Gasteiger partial charge in [-0.25, -0.2) is 4.98 Å². The van der Waals surface area contributed by atoms with Gasteiger partial charge >= 0.3 is 5.97 Å². The van der Waals surface area contributed by atoms with Gasteiger partial charge in [0.1, 0.15) is 5.69 Å². The minimum Gasteiger partial charge on any atom is -0.466 e. The number of ether oxygens (including phenoxy) is 2. The zero-order valence-corrected chi connectivity index (χ0v) is 19.6. The van der Waals surface area contributed by atoms with Crippen LogP contribution in [0.2, 0.25) is 0 Å². The molecule has 1 aliphatic rings. The Kier molecular flexibility index (Phi) is 6.58. The van der Waals surface area contributed by atoms with Gasteiger partial charge in [-0.15, -0.1) is 0 Å². The van der Waals surface area contributed by atoms with Crippen LogP contribution in [-0.2, 0) is 31.9 Å². The molecule has 1 saturated heterocycles. The number of aromatic nitrogens is 4. The number of hydrogen-bond acceptors (Lipinski definition) is 6. The Morgan fingerprint density at radius 3 is 2.77 bits per heavy atom. The molecule has 3 aromatic heterocycles. The van der Waals surface area contributed by atoms with Gasteiger partial charge in [0.15, 0.2) is 5.82 Å². The molecule has 1 aromatic carbocycles. The lowest BCUT2D eigenvalue weighted by molar-refractivity contribution is -0.142. The van der Waals surface area contributed by atoms with Crippen LogP contribution in [-0.4, -0.2) is 69.2 Å². The average molecular weight is 474 g/mol. The first kappa shape index (κ1) is 22.8. The van der Waals surface area contributed by atoms with Crippen LogP contribution in [0.3, 0.4) is 0 Å². The van der Waals surface area contributed by atoms with Crippen molar-refractivity contribution in [2.45, 2.75) is 19.8 Å². The maximum atomic E-state index is 13.1. The summed E-state index contributed by atoms with van der Waals surface area (Å²) >= 11 is 0. The van der Waals surface area contributed by atoms with Gasteiger partial charge in [-0.2, -0.15) is 0 Å². The molecule has 0 aliphatic carbocycles. The lowest BCUT2D eigenvalue weighted by atomic mass is 10.0. The zero-order valence-electron chi connectivity index (χ0n) is 19.6. The molecule has 9 nitrogen and oxygen atoms in total. The Bertz CT molecular complexity index is 1350. The molecule has 9 heteroatoms. The number of carbonyl (C=O) groups excluding carboxylic acids is 2. The highest BCUT2D eigenvalue weighted by atomic mass is 16.5. The monoisotopic (exact) mass is 473 g/mol. The van der Waals surface area contributed by atoms with Crippen molar-refractivity contribution in [2.75, 3.05) is 32.9 Å². The van der Waals surface area contributed by atoms with Gasteiger partial charge in [0.05, 0.1) is 50.7 Å². The van der Waals surface area contributed by atoms with Gasteiger partial charge in [-0.3, -0.25) is 14.6 Å². The number of carbonyl (C=O) groups is 2. The first-order valence-corrected chi connectivity index (χ1v) is 11.7. The van der Waals surface area contributed by atoms with E-state index in [0.29, 0.717) is 44.4 Å². The standard InChI is InChI=1S/C26H27N5O4/c1-2-35-25(33)13-18-7-8-31(17-18)23-16-27-15-22(28-23)26-20(19-5-3-4-6-21(19)29-26)14-24(32)30-9-11-34-12-10-30/h3-8,15-17,29H,2,9-14H2,1H3. The number of H-pyrrole nitrogens is 1. The third-order valence-electron chi connectivity index (χ3n) is 6.06. The van der Waals surface area contributed by atoms with E-state index in [0.717, 1.165) is 27.7 Å². The summed E-state index contributed by atoms with van der Waals surface area (Å²) in [7, 11) is 0. The van der Waals surface area contributed by atoms with E-state index >= 15 is 0 Å². The van der Waals surface area contributed by atoms with Gasteiger partial charge in [-0.05, 0) is 30.2 Å². The maximum Gasteiger partial charge on any atom is 0.310 e. The van der Waals surface area contributed by atoms with Crippen LogP contribution in [0.15, 0.2) is 55.1 Å². The Labute approximate surface area is 202 Å². The number of esters is 1. The average Bonchev–Trinajstić information content (AvgIpc) is 3.50. The van der Waals surface area contributed by atoms with E-state index in [4.69, 9.17) is 14.5 Å². The molecule has 180 valence electrons. The van der Waals surface area contributed by atoms with Gasteiger partial charge < -0.3 is 23.9 Å². The van der Waals surface area contributed by atoms with Gasteiger partial charge in [0.2, 0.25) is 5.91 Å². The Balaban J connectivity index is 1.46.